The molecule has 0 rings (SSSR count). The molecule has 94 valence electrons. The molecule has 0 saturated heterocycles. The number of carbonyl (C=O) groups is 1. The molecule has 0 aliphatic carbocycles. The van der Waals surface area contributed by atoms with Crippen LogP contribution in [0.4, 0.5) is 13.2 Å². The predicted octanol–water partition coefficient (Wildman–Crippen LogP) is -2.41. The summed E-state index contributed by atoms with van der Waals surface area (Å²) in [4.78, 5) is 10.7. The molecule has 17 heavy (non-hydrogen) atoms. The second kappa shape index (κ2) is 6.74. The van der Waals surface area contributed by atoms with Gasteiger partial charge in [0.05, 0.1) is 0 Å². The van der Waals surface area contributed by atoms with Crippen molar-refractivity contribution in [3.8, 4) is 0 Å². The number of halogens is 3. The first kappa shape index (κ1) is 19.3. The molecular formula is C7H8F3NaO5S. The Bertz CT molecular complexity index is 389. The van der Waals surface area contributed by atoms with E-state index >= 15 is 0 Å². The number of rotatable bonds is 4. The number of hydrogen-bond acceptors (Lipinski definition) is 5. The van der Waals surface area contributed by atoms with Crippen molar-refractivity contribution in [3.63, 3.8) is 0 Å². The first-order valence-corrected chi connectivity index (χ1v) is 5.27. The van der Waals surface area contributed by atoms with E-state index in [0.717, 1.165) is 6.92 Å². The van der Waals surface area contributed by atoms with E-state index in [0.29, 0.717) is 0 Å². The Morgan fingerprint density at radius 2 is 1.88 bits per heavy atom. The summed E-state index contributed by atoms with van der Waals surface area (Å²) in [5, 5.41) is -3.26. The summed E-state index contributed by atoms with van der Waals surface area (Å²) in [7, 11) is -5.63. The summed E-state index contributed by atoms with van der Waals surface area (Å²) < 4.78 is 71.0. The van der Waals surface area contributed by atoms with Gasteiger partial charge in [0.15, 0.2) is 5.25 Å². The van der Waals surface area contributed by atoms with E-state index in [1.54, 1.807) is 0 Å². The maximum Gasteiger partial charge on any atom is 1.00 e. The van der Waals surface area contributed by atoms with Gasteiger partial charge in [-0.25, -0.2) is 13.2 Å². The molecule has 0 heterocycles. The van der Waals surface area contributed by atoms with E-state index in [2.05, 4.69) is 11.3 Å². The maximum absolute atomic E-state index is 12.1. The van der Waals surface area contributed by atoms with Gasteiger partial charge in [0.1, 0.15) is 16.7 Å². The normalized spacial score (nSPS) is 13.5. The average Bonchev–Trinajstić information content (AvgIpc) is 1.98. The molecule has 1 unspecified atom stereocenters. The molecule has 0 fully saturated rings. The Hall–Kier alpha value is -0.0900. The molecule has 0 aliphatic rings. The number of esters is 1. The Morgan fingerprint density at radius 3 is 2.12 bits per heavy atom. The van der Waals surface area contributed by atoms with Crippen molar-refractivity contribution in [2.45, 2.75) is 18.3 Å². The second-order valence-corrected chi connectivity index (χ2v) is 4.46. The van der Waals surface area contributed by atoms with Crippen LogP contribution in [0.1, 0.15) is 6.92 Å². The van der Waals surface area contributed by atoms with E-state index in [4.69, 9.17) is 0 Å². The van der Waals surface area contributed by atoms with Crippen molar-refractivity contribution < 1.29 is 65.2 Å². The maximum atomic E-state index is 12.1. The van der Waals surface area contributed by atoms with Gasteiger partial charge in [0, 0.05) is 5.57 Å². The van der Waals surface area contributed by atoms with Crippen LogP contribution in [0.3, 0.4) is 0 Å². The van der Waals surface area contributed by atoms with Crippen molar-refractivity contribution in [2.75, 3.05) is 6.61 Å². The van der Waals surface area contributed by atoms with Crippen LogP contribution in [0, 0.1) is 0 Å². The molecule has 1 atom stereocenters. The zero-order valence-electron chi connectivity index (χ0n) is 9.07. The molecule has 0 N–H and O–H groups in total. The summed E-state index contributed by atoms with van der Waals surface area (Å²) in [5.41, 5.74) is -0.204. The third kappa shape index (κ3) is 7.04. The quantitative estimate of drug-likeness (QED) is 0.248. The third-order valence-electron chi connectivity index (χ3n) is 1.43. The molecule has 0 aliphatic heterocycles. The minimum Gasteiger partial charge on any atom is -0.747 e. The molecule has 0 radical (unpaired) electrons. The molecule has 0 bridgehead atoms. The first-order chi connectivity index (χ1) is 6.96. The molecule has 0 amide bonds. The van der Waals surface area contributed by atoms with Crippen LogP contribution in [-0.4, -0.2) is 37.0 Å². The molecule has 0 saturated carbocycles. The fourth-order valence-corrected chi connectivity index (χ4v) is 1.18. The summed E-state index contributed by atoms with van der Waals surface area (Å²) >= 11 is 0. The van der Waals surface area contributed by atoms with Gasteiger partial charge in [-0.15, -0.1) is 0 Å². The standard InChI is InChI=1S/C7H9F3O5S.Na/c1-4(2)6(11)15-3-5(7(8,9)10)16(12,13)14;/h5H,1,3H2,2H3,(H,12,13,14);/q;+1/p-1. The van der Waals surface area contributed by atoms with Crippen molar-refractivity contribution in [1.29, 1.82) is 0 Å². The number of alkyl halides is 3. The van der Waals surface area contributed by atoms with Crippen LogP contribution in [0.15, 0.2) is 12.2 Å². The van der Waals surface area contributed by atoms with Crippen LogP contribution in [-0.2, 0) is 19.6 Å². The fraction of sp³-hybridized carbons (Fsp3) is 0.571. The van der Waals surface area contributed by atoms with Crippen LogP contribution < -0.4 is 29.6 Å². The van der Waals surface area contributed by atoms with Gasteiger partial charge >= 0.3 is 41.7 Å². The number of hydrogen-bond donors (Lipinski definition) is 0. The summed E-state index contributed by atoms with van der Waals surface area (Å²) in [5.74, 6) is -1.20. The van der Waals surface area contributed by atoms with Crippen molar-refractivity contribution in [1.82, 2.24) is 0 Å². The molecule has 0 spiro atoms. The SMILES string of the molecule is C=C(C)C(=O)OCC(C(F)(F)F)S(=O)(=O)[O-].[Na+]. The van der Waals surface area contributed by atoms with E-state index in [9.17, 15) is 30.9 Å². The molecule has 10 heteroatoms. The summed E-state index contributed by atoms with van der Waals surface area (Å²) in [6.45, 7) is 2.67. The number of carbonyl (C=O) groups excluding carboxylic acids is 1. The minimum absolute atomic E-state index is 0. The van der Waals surface area contributed by atoms with Gasteiger partial charge < -0.3 is 9.29 Å². The molecule has 0 aromatic heterocycles. The van der Waals surface area contributed by atoms with E-state index in [1.165, 1.54) is 0 Å². The second-order valence-electron chi connectivity index (χ2n) is 2.90. The van der Waals surface area contributed by atoms with Crippen LogP contribution >= 0.6 is 0 Å². The topological polar surface area (TPSA) is 83.5 Å². The van der Waals surface area contributed by atoms with Gasteiger partial charge in [0.2, 0.25) is 0 Å². The van der Waals surface area contributed by atoms with Gasteiger partial charge in [-0.2, -0.15) is 13.2 Å². The fourth-order valence-electron chi connectivity index (χ4n) is 0.616. The molecular weight excluding hydrogens is 276 g/mol. The predicted molar refractivity (Wildman–Crippen MR) is 45.3 cm³/mol. The average molecular weight is 284 g/mol. The molecule has 5 nitrogen and oxygen atoms in total. The van der Waals surface area contributed by atoms with Gasteiger partial charge in [-0.3, -0.25) is 0 Å². The molecule has 0 aromatic carbocycles. The smallest absolute Gasteiger partial charge is 0.747 e. The first-order valence-electron chi connectivity index (χ1n) is 3.80. The van der Waals surface area contributed by atoms with Crippen molar-refractivity contribution in [2.24, 2.45) is 0 Å². The zero-order valence-corrected chi connectivity index (χ0v) is 11.9. The number of ether oxygens (including phenoxy) is 1. The van der Waals surface area contributed by atoms with E-state index in [-0.39, 0.29) is 35.1 Å². The zero-order chi connectivity index (χ0) is 13.1. The van der Waals surface area contributed by atoms with Crippen LogP contribution in [0.5, 0.6) is 0 Å². The minimum atomic E-state index is -5.63. The Labute approximate surface area is 118 Å². The largest absolute Gasteiger partial charge is 1.00 e. The summed E-state index contributed by atoms with van der Waals surface area (Å²) in [6.07, 6.45) is -5.28. The Balaban J connectivity index is 0. The van der Waals surface area contributed by atoms with Crippen LogP contribution in [0.25, 0.3) is 0 Å². The van der Waals surface area contributed by atoms with Gasteiger partial charge in [0.25, 0.3) is 0 Å². The summed E-state index contributed by atoms with van der Waals surface area (Å²) in [6, 6.07) is 0. The Kier molecular flexibility index (Phi) is 7.63. The van der Waals surface area contributed by atoms with Crippen molar-refractivity contribution in [3.05, 3.63) is 12.2 Å². The van der Waals surface area contributed by atoms with Crippen LogP contribution in [0.2, 0.25) is 0 Å². The van der Waals surface area contributed by atoms with Gasteiger partial charge in [-0.1, -0.05) is 6.58 Å². The molecule has 0 aromatic rings. The van der Waals surface area contributed by atoms with Crippen molar-refractivity contribution >= 4 is 16.1 Å². The Morgan fingerprint density at radius 1 is 1.47 bits per heavy atom. The van der Waals surface area contributed by atoms with E-state index < -0.39 is 34.1 Å². The van der Waals surface area contributed by atoms with Gasteiger partial charge in [-0.05, 0) is 6.92 Å². The third-order valence-corrected chi connectivity index (χ3v) is 2.53. The monoisotopic (exact) mass is 284 g/mol. The van der Waals surface area contributed by atoms with E-state index in [1.807, 2.05) is 0 Å².